The summed E-state index contributed by atoms with van der Waals surface area (Å²) in [4.78, 5) is 16.3. The van der Waals surface area contributed by atoms with Gasteiger partial charge in [-0.3, -0.25) is 9.78 Å². The highest BCUT2D eigenvalue weighted by atomic mass is 35.5. The maximum absolute atomic E-state index is 12.3. The fourth-order valence-electron chi connectivity index (χ4n) is 1.78. The fourth-order valence-corrected chi connectivity index (χ4v) is 2.01. The smallest absolute Gasteiger partial charge is 0.257 e. The minimum absolute atomic E-state index is 0.272. The van der Waals surface area contributed by atoms with E-state index in [4.69, 9.17) is 16.7 Å². The van der Waals surface area contributed by atoms with Crippen LogP contribution < -0.4 is 5.32 Å². The summed E-state index contributed by atoms with van der Waals surface area (Å²) in [6.45, 7) is 1.59. The van der Waals surface area contributed by atoms with Crippen LogP contribution in [0.1, 0.15) is 21.5 Å². The molecule has 1 heterocycles. The molecule has 1 aromatic carbocycles. The van der Waals surface area contributed by atoms with Crippen LogP contribution in [-0.2, 0) is 0 Å². The van der Waals surface area contributed by atoms with Gasteiger partial charge in [0.1, 0.15) is 6.61 Å². The Kier molecular flexibility index (Phi) is 4.94. The van der Waals surface area contributed by atoms with Gasteiger partial charge in [0.25, 0.3) is 5.91 Å². The normalized spacial score (nSPS) is 9.67. The fraction of sp³-hybridized carbons (Fsp3) is 0.125. The van der Waals surface area contributed by atoms with E-state index in [0.29, 0.717) is 21.8 Å². The number of nitrogens with zero attached hydrogens (tertiary/aromatic N) is 1. The lowest BCUT2D eigenvalue weighted by Crippen LogP contribution is -2.14. The molecule has 0 fully saturated rings. The van der Waals surface area contributed by atoms with Crippen molar-refractivity contribution in [1.82, 2.24) is 4.98 Å². The average Bonchev–Trinajstić information content (AvgIpc) is 2.48. The molecular weight excluding hydrogens is 288 g/mol. The first kappa shape index (κ1) is 15.0. The monoisotopic (exact) mass is 300 g/mol. The highest BCUT2D eigenvalue weighted by Gasteiger charge is 2.11. The number of rotatable bonds is 2. The second kappa shape index (κ2) is 6.89. The van der Waals surface area contributed by atoms with E-state index in [0.717, 1.165) is 5.56 Å². The van der Waals surface area contributed by atoms with Crippen molar-refractivity contribution in [3.63, 3.8) is 0 Å². The summed E-state index contributed by atoms with van der Waals surface area (Å²) in [5, 5.41) is 12.2. The molecule has 2 aromatic rings. The summed E-state index contributed by atoms with van der Waals surface area (Å²) in [5.74, 6) is 4.93. The first-order valence-corrected chi connectivity index (χ1v) is 6.61. The van der Waals surface area contributed by atoms with Crippen LogP contribution in [0, 0.1) is 18.8 Å². The van der Waals surface area contributed by atoms with Gasteiger partial charge in [-0.2, -0.15) is 0 Å². The number of hydrogen-bond donors (Lipinski definition) is 2. The van der Waals surface area contributed by atoms with Crippen molar-refractivity contribution in [3.8, 4) is 11.8 Å². The SMILES string of the molecule is Cc1cc(Cl)ccc1NC(=O)c1ccncc1C#CCO. The van der Waals surface area contributed by atoms with Gasteiger partial charge >= 0.3 is 0 Å². The number of benzene rings is 1. The van der Waals surface area contributed by atoms with Crippen molar-refractivity contribution in [2.75, 3.05) is 11.9 Å². The highest BCUT2D eigenvalue weighted by molar-refractivity contribution is 6.30. The maximum Gasteiger partial charge on any atom is 0.257 e. The Bertz CT molecular complexity index is 733. The average molecular weight is 301 g/mol. The third-order valence-corrected chi connectivity index (χ3v) is 3.04. The van der Waals surface area contributed by atoms with Gasteiger partial charge in [-0.15, -0.1) is 0 Å². The molecular formula is C16H13ClN2O2. The molecule has 0 saturated heterocycles. The molecule has 4 nitrogen and oxygen atoms in total. The van der Waals surface area contributed by atoms with Gasteiger partial charge in [-0.1, -0.05) is 23.4 Å². The predicted molar refractivity (Wildman–Crippen MR) is 82.3 cm³/mol. The molecule has 1 amide bonds. The van der Waals surface area contributed by atoms with Gasteiger partial charge < -0.3 is 10.4 Å². The number of aliphatic hydroxyl groups excluding tert-OH is 1. The van der Waals surface area contributed by atoms with Crippen LogP contribution >= 0.6 is 11.6 Å². The summed E-state index contributed by atoms with van der Waals surface area (Å²) < 4.78 is 0. The molecule has 1 aromatic heterocycles. The number of aliphatic hydroxyl groups is 1. The second-order valence-electron chi connectivity index (χ2n) is 4.29. The molecule has 0 unspecified atom stereocenters. The minimum Gasteiger partial charge on any atom is -0.384 e. The minimum atomic E-state index is -0.287. The summed E-state index contributed by atoms with van der Waals surface area (Å²) in [6.07, 6.45) is 3.01. The quantitative estimate of drug-likeness (QED) is 0.838. The van der Waals surface area contributed by atoms with Crippen molar-refractivity contribution < 1.29 is 9.90 Å². The summed E-state index contributed by atoms with van der Waals surface area (Å²) in [6, 6.07) is 6.82. The van der Waals surface area contributed by atoms with Gasteiger partial charge in [0.2, 0.25) is 0 Å². The lowest BCUT2D eigenvalue weighted by Gasteiger charge is -2.09. The topological polar surface area (TPSA) is 62.2 Å². The largest absolute Gasteiger partial charge is 0.384 e. The molecule has 2 N–H and O–H groups in total. The number of nitrogens with one attached hydrogen (secondary N) is 1. The molecule has 2 rings (SSSR count). The van der Waals surface area contributed by atoms with Crippen molar-refractivity contribution in [1.29, 1.82) is 0 Å². The highest BCUT2D eigenvalue weighted by Crippen LogP contribution is 2.20. The van der Waals surface area contributed by atoms with Crippen LogP contribution in [0.4, 0.5) is 5.69 Å². The van der Waals surface area contributed by atoms with Crippen molar-refractivity contribution in [2.45, 2.75) is 6.92 Å². The number of aryl methyl sites for hydroxylation is 1. The molecule has 0 aliphatic heterocycles. The Morgan fingerprint density at radius 3 is 2.95 bits per heavy atom. The number of halogens is 1. The molecule has 106 valence electrons. The summed E-state index contributed by atoms with van der Waals surface area (Å²) in [7, 11) is 0. The van der Waals surface area contributed by atoms with E-state index in [-0.39, 0.29) is 12.5 Å². The zero-order chi connectivity index (χ0) is 15.2. The Morgan fingerprint density at radius 1 is 1.43 bits per heavy atom. The van der Waals surface area contributed by atoms with Gasteiger partial charge in [-0.05, 0) is 36.8 Å². The summed E-state index contributed by atoms with van der Waals surface area (Å²) in [5.41, 5.74) is 2.42. The van der Waals surface area contributed by atoms with Crippen LogP contribution in [0.15, 0.2) is 36.7 Å². The van der Waals surface area contributed by atoms with E-state index >= 15 is 0 Å². The van der Waals surface area contributed by atoms with Gasteiger partial charge in [0.05, 0.1) is 11.1 Å². The molecule has 0 radical (unpaired) electrons. The zero-order valence-electron chi connectivity index (χ0n) is 11.4. The first-order valence-electron chi connectivity index (χ1n) is 6.23. The Labute approximate surface area is 127 Å². The van der Waals surface area contributed by atoms with Crippen molar-refractivity contribution in [3.05, 3.63) is 58.4 Å². The Morgan fingerprint density at radius 2 is 2.24 bits per heavy atom. The van der Waals surface area contributed by atoms with E-state index < -0.39 is 0 Å². The van der Waals surface area contributed by atoms with E-state index in [1.54, 1.807) is 24.3 Å². The number of carbonyl (C=O) groups is 1. The maximum atomic E-state index is 12.3. The first-order chi connectivity index (χ1) is 10.1. The number of amides is 1. The number of pyridine rings is 1. The van der Waals surface area contributed by atoms with Crippen LogP contribution in [0.5, 0.6) is 0 Å². The second-order valence-corrected chi connectivity index (χ2v) is 4.73. The molecule has 0 atom stereocenters. The Balaban J connectivity index is 2.28. The van der Waals surface area contributed by atoms with Crippen molar-refractivity contribution >= 4 is 23.2 Å². The molecule has 0 bridgehead atoms. The number of carbonyl (C=O) groups excluding carboxylic acids is 1. The van der Waals surface area contributed by atoms with Crippen LogP contribution in [0.2, 0.25) is 5.02 Å². The van der Waals surface area contributed by atoms with Crippen LogP contribution in [0.3, 0.4) is 0 Å². The van der Waals surface area contributed by atoms with Gasteiger partial charge in [0.15, 0.2) is 0 Å². The Hall–Kier alpha value is -2.35. The third kappa shape index (κ3) is 3.82. The molecule has 5 heteroatoms. The number of hydrogen-bond acceptors (Lipinski definition) is 3. The lowest BCUT2D eigenvalue weighted by molar-refractivity contribution is 0.102. The van der Waals surface area contributed by atoms with Crippen molar-refractivity contribution in [2.24, 2.45) is 0 Å². The summed E-state index contributed by atoms with van der Waals surface area (Å²) >= 11 is 5.89. The standard InChI is InChI=1S/C16H13ClN2O2/c1-11-9-13(17)4-5-15(11)19-16(21)14-6-7-18-10-12(14)3-2-8-20/h4-7,9-10,20H,8H2,1H3,(H,19,21). The van der Waals surface area contributed by atoms with Crippen LogP contribution in [-0.4, -0.2) is 22.6 Å². The molecule has 0 aliphatic rings. The number of anilines is 1. The zero-order valence-corrected chi connectivity index (χ0v) is 12.1. The van der Waals surface area contributed by atoms with E-state index in [1.807, 2.05) is 6.92 Å². The third-order valence-electron chi connectivity index (χ3n) is 2.80. The van der Waals surface area contributed by atoms with Gasteiger partial charge in [0, 0.05) is 23.1 Å². The molecule has 0 spiro atoms. The lowest BCUT2D eigenvalue weighted by atomic mass is 10.1. The molecule has 0 saturated carbocycles. The molecule has 21 heavy (non-hydrogen) atoms. The predicted octanol–water partition coefficient (Wildman–Crippen LogP) is 2.64. The van der Waals surface area contributed by atoms with Crippen LogP contribution in [0.25, 0.3) is 0 Å². The van der Waals surface area contributed by atoms with E-state index in [9.17, 15) is 4.79 Å². The van der Waals surface area contributed by atoms with Gasteiger partial charge in [-0.25, -0.2) is 0 Å². The number of aromatic nitrogens is 1. The van der Waals surface area contributed by atoms with E-state index in [2.05, 4.69) is 22.1 Å². The van der Waals surface area contributed by atoms with E-state index in [1.165, 1.54) is 12.4 Å². The molecule has 0 aliphatic carbocycles.